The number of nitrogens with zero attached hydrogens (tertiary/aromatic N) is 1. The molecule has 3 amide bonds. The molecular formula is C15H22Cl2N2O6. The molecule has 1 saturated heterocycles. The summed E-state index contributed by atoms with van der Waals surface area (Å²) in [7, 11) is 0. The maximum absolute atomic E-state index is 12.5. The highest BCUT2D eigenvalue weighted by molar-refractivity contribution is 6.44. The lowest BCUT2D eigenvalue weighted by Crippen LogP contribution is -2.56. The first-order chi connectivity index (χ1) is 11.3. The molecular weight excluding hydrogens is 375 g/mol. The van der Waals surface area contributed by atoms with E-state index >= 15 is 0 Å². The van der Waals surface area contributed by atoms with Crippen molar-refractivity contribution in [2.75, 3.05) is 0 Å². The summed E-state index contributed by atoms with van der Waals surface area (Å²) in [6.45, 7) is 6.37. The minimum Gasteiger partial charge on any atom is -0.444 e. The molecule has 0 aliphatic carbocycles. The molecule has 0 radical (unpaired) electrons. The van der Waals surface area contributed by atoms with E-state index in [1.54, 1.807) is 20.8 Å². The minimum absolute atomic E-state index is 0.0129. The summed E-state index contributed by atoms with van der Waals surface area (Å²) >= 11 is 11.4. The van der Waals surface area contributed by atoms with E-state index < -0.39 is 39.9 Å². The van der Waals surface area contributed by atoms with E-state index in [0.717, 1.165) is 0 Å². The van der Waals surface area contributed by atoms with Crippen molar-refractivity contribution in [3.8, 4) is 0 Å². The third-order valence-corrected chi connectivity index (χ3v) is 3.71. The van der Waals surface area contributed by atoms with Gasteiger partial charge in [0, 0.05) is 12.8 Å². The highest BCUT2D eigenvalue weighted by Crippen LogP contribution is 2.23. The predicted molar refractivity (Wildman–Crippen MR) is 89.7 cm³/mol. The first-order valence-electron chi connectivity index (χ1n) is 7.71. The number of hydrogen-bond donors (Lipinski definition) is 1. The number of carbonyl (C=O) groups is 4. The van der Waals surface area contributed by atoms with Crippen LogP contribution in [0.25, 0.3) is 0 Å². The Morgan fingerprint density at radius 1 is 1.16 bits per heavy atom. The van der Waals surface area contributed by atoms with Gasteiger partial charge in [-0.05, 0) is 40.5 Å². The van der Waals surface area contributed by atoms with Gasteiger partial charge < -0.3 is 14.9 Å². The molecule has 1 aliphatic heterocycles. The first-order valence-corrected chi connectivity index (χ1v) is 8.59. The molecule has 0 spiro atoms. The van der Waals surface area contributed by atoms with Gasteiger partial charge in [0.05, 0.1) is 0 Å². The maximum Gasteiger partial charge on any atom is 0.408 e. The summed E-state index contributed by atoms with van der Waals surface area (Å²) in [5.41, 5.74) is -2.37. The molecule has 0 saturated carbocycles. The van der Waals surface area contributed by atoms with Crippen LogP contribution in [0, 0.1) is 0 Å². The van der Waals surface area contributed by atoms with Crippen LogP contribution in [0.1, 0.15) is 53.4 Å². The quantitative estimate of drug-likeness (QED) is 0.546. The molecule has 1 N–H and O–H groups in total. The van der Waals surface area contributed by atoms with Crippen LogP contribution in [-0.4, -0.2) is 44.9 Å². The molecule has 1 rings (SSSR count). The summed E-state index contributed by atoms with van der Waals surface area (Å²) in [4.78, 5) is 51.9. The zero-order valence-corrected chi connectivity index (χ0v) is 16.1. The fourth-order valence-electron chi connectivity index (χ4n) is 1.98. The Morgan fingerprint density at radius 2 is 1.68 bits per heavy atom. The van der Waals surface area contributed by atoms with Crippen molar-refractivity contribution in [2.24, 2.45) is 0 Å². The van der Waals surface area contributed by atoms with Crippen molar-refractivity contribution < 1.29 is 28.8 Å². The molecule has 0 bridgehead atoms. The van der Waals surface area contributed by atoms with Crippen LogP contribution in [0.5, 0.6) is 0 Å². The highest BCUT2D eigenvalue weighted by atomic mass is 35.5. The fourth-order valence-corrected chi connectivity index (χ4v) is 2.20. The molecule has 1 atom stereocenters. The number of nitrogens with one attached hydrogen (secondary N) is 1. The van der Waals surface area contributed by atoms with E-state index in [-0.39, 0.29) is 25.7 Å². The number of imide groups is 1. The van der Waals surface area contributed by atoms with Gasteiger partial charge in [-0.3, -0.25) is 9.59 Å². The Hall–Kier alpha value is -1.54. The van der Waals surface area contributed by atoms with Gasteiger partial charge in [-0.15, -0.1) is 28.3 Å². The van der Waals surface area contributed by atoms with Crippen molar-refractivity contribution in [3.63, 3.8) is 0 Å². The maximum atomic E-state index is 12.5. The van der Waals surface area contributed by atoms with E-state index in [2.05, 4.69) is 5.32 Å². The number of alkyl halides is 2. The molecule has 0 aromatic carbocycles. The molecule has 0 aromatic heterocycles. The van der Waals surface area contributed by atoms with E-state index in [4.69, 9.17) is 32.8 Å². The van der Waals surface area contributed by atoms with Crippen LogP contribution in [0.3, 0.4) is 0 Å². The lowest BCUT2D eigenvalue weighted by Gasteiger charge is -2.31. The number of alkyl carbamates (subject to hydrolysis) is 1. The molecule has 1 aliphatic rings. The van der Waals surface area contributed by atoms with Gasteiger partial charge in [0.25, 0.3) is 11.8 Å². The van der Waals surface area contributed by atoms with Gasteiger partial charge in [0.15, 0.2) is 0 Å². The second-order valence-corrected chi connectivity index (χ2v) is 8.13. The Bertz CT molecular complexity index is 545. The van der Waals surface area contributed by atoms with E-state index in [0.29, 0.717) is 5.06 Å². The fraction of sp³-hybridized carbons (Fsp3) is 0.733. The van der Waals surface area contributed by atoms with Gasteiger partial charge in [0.1, 0.15) is 16.0 Å². The predicted octanol–water partition coefficient (Wildman–Crippen LogP) is 2.46. The standard InChI is InChI=1S/C15H22Cl2N2O6/c1-14(2,3)24-13(23)18-15(4,8-7-9(16)17)12(22)25-19-10(20)5-6-11(19)21/h9H,5-8H2,1-4H3,(H,18,23)/t15-/m0/s1. The summed E-state index contributed by atoms with van der Waals surface area (Å²) in [5.74, 6) is -2.23. The number of ether oxygens (including phenoxy) is 1. The van der Waals surface area contributed by atoms with Crippen LogP contribution >= 0.6 is 23.2 Å². The van der Waals surface area contributed by atoms with Crippen molar-refractivity contribution in [1.29, 1.82) is 0 Å². The van der Waals surface area contributed by atoms with Crippen molar-refractivity contribution >= 4 is 47.1 Å². The Labute approximate surface area is 156 Å². The number of hydroxylamine groups is 2. The molecule has 1 heterocycles. The lowest BCUT2D eigenvalue weighted by atomic mass is 9.96. The number of rotatable bonds is 6. The van der Waals surface area contributed by atoms with Crippen LogP contribution in [-0.2, 0) is 24.0 Å². The average molecular weight is 397 g/mol. The molecule has 8 nitrogen and oxygen atoms in total. The van der Waals surface area contributed by atoms with Crippen molar-refractivity contribution in [2.45, 2.75) is 69.4 Å². The Kier molecular flexibility index (Phi) is 7.08. The zero-order valence-electron chi connectivity index (χ0n) is 14.6. The topological polar surface area (TPSA) is 102 Å². The largest absolute Gasteiger partial charge is 0.444 e. The van der Waals surface area contributed by atoms with Crippen LogP contribution < -0.4 is 5.32 Å². The third kappa shape index (κ3) is 6.70. The molecule has 0 unspecified atom stereocenters. The average Bonchev–Trinajstić information content (AvgIpc) is 2.74. The zero-order chi connectivity index (χ0) is 19.4. The highest BCUT2D eigenvalue weighted by Gasteiger charge is 2.42. The van der Waals surface area contributed by atoms with Crippen LogP contribution in [0.4, 0.5) is 4.79 Å². The van der Waals surface area contributed by atoms with Gasteiger partial charge in [-0.1, -0.05) is 0 Å². The second-order valence-electron chi connectivity index (χ2n) is 6.85. The molecule has 142 valence electrons. The SMILES string of the molecule is CC(C)(C)OC(=O)N[C@@](C)(CCC(Cl)Cl)C(=O)ON1C(=O)CCC1=O. The summed E-state index contributed by atoms with van der Waals surface area (Å²) in [6, 6.07) is 0. The number of amides is 3. The normalized spacial score (nSPS) is 17.5. The van der Waals surface area contributed by atoms with Gasteiger partial charge in [-0.2, -0.15) is 0 Å². The van der Waals surface area contributed by atoms with E-state index in [9.17, 15) is 19.2 Å². The van der Waals surface area contributed by atoms with E-state index in [1.807, 2.05) is 0 Å². The second kappa shape index (κ2) is 8.23. The van der Waals surface area contributed by atoms with Crippen LogP contribution in [0.15, 0.2) is 0 Å². The number of hydrogen-bond acceptors (Lipinski definition) is 6. The monoisotopic (exact) mass is 396 g/mol. The number of carbonyl (C=O) groups excluding carboxylic acids is 4. The van der Waals surface area contributed by atoms with Gasteiger partial charge in [0.2, 0.25) is 0 Å². The summed E-state index contributed by atoms with van der Waals surface area (Å²) in [6.07, 6.45) is -0.751. The lowest BCUT2D eigenvalue weighted by molar-refractivity contribution is -0.202. The van der Waals surface area contributed by atoms with E-state index in [1.165, 1.54) is 6.92 Å². The summed E-state index contributed by atoms with van der Waals surface area (Å²) < 4.78 is 5.13. The molecule has 0 aromatic rings. The Balaban J connectivity index is 2.89. The molecule has 25 heavy (non-hydrogen) atoms. The smallest absolute Gasteiger partial charge is 0.408 e. The minimum atomic E-state index is -1.59. The van der Waals surface area contributed by atoms with Crippen molar-refractivity contribution in [1.82, 2.24) is 10.4 Å². The molecule has 10 heteroatoms. The Morgan fingerprint density at radius 3 is 2.12 bits per heavy atom. The summed E-state index contributed by atoms with van der Waals surface area (Å²) in [5, 5.41) is 2.82. The number of halogens is 2. The van der Waals surface area contributed by atoms with Gasteiger partial charge in [-0.25, -0.2) is 9.59 Å². The van der Waals surface area contributed by atoms with Crippen LogP contribution in [0.2, 0.25) is 0 Å². The molecule has 1 fully saturated rings. The first kappa shape index (κ1) is 21.5. The third-order valence-electron chi connectivity index (χ3n) is 3.27. The van der Waals surface area contributed by atoms with Crippen molar-refractivity contribution in [3.05, 3.63) is 0 Å². The van der Waals surface area contributed by atoms with Gasteiger partial charge >= 0.3 is 12.1 Å².